The predicted molar refractivity (Wildman–Crippen MR) is 86.7 cm³/mol. The molecule has 0 radical (unpaired) electrons. The van der Waals surface area contributed by atoms with Crippen LogP contribution in [0.25, 0.3) is 11.1 Å². The fourth-order valence-corrected chi connectivity index (χ4v) is 2.24. The number of rotatable bonds is 5. The summed E-state index contributed by atoms with van der Waals surface area (Å²) in [7, 11) is 0. The topological polar surface area (TPSA) is 116 Å². The Hall–Kier alpha value is -3.25. The highest BCUT2D eigenvalue weighted by Gasteiger charge is 2.20. The fourth-order valence-electron chi connectivity index (χ4n) is 2.24. The number of ether oxygens (including phenoxy) is 1. The quantitative estimate of drug-likeness (QED) is 0.823. The Labute approximate surface area is 133 Å². The van der Waals surface area contributed by atoms with Gasteiger partial charge in [-0.05, 0) is 12.5 Å². The molecule has 0 spiro atoms. The SMILES string of the molecule is CCCCOc1ccccc1-c1c(C#N)c(N)[nH]c(=O)c1C#N. The lowest BCUT2D eigenvalue weighted by molar-refractivity contribution is 0.310. The Morgan fingerprint density at radius 3 is 2.57 bits per heavy atom. The number of benzene rings is 1. The second-order valence-corrected chi connectivity index (χ2v) is 4.91. The van der Waals surface area contributed by atoms with Crippen molar-refractivity contribution in [3.63, 3.8) is 0 Å². The zero-order valence-corrected chi connectivity index (χ0v) is 12.7. The van der Waals surface area contributed by atoms with Gasteiger partial charge in [0, 0.05) is 11.1 Å². The molecule has 0 saturated heterocycles. The molecule has 0 unspecified atom stereocenters. The van der Waals surface area contributed by atoms with Gasteiger partial charge in [0.15, 0.2) is 0 Å². The average molecular weight is 308 g/mol. The highest BCUT2D eigenvalue weighted by Crippen LogP contribution is 2.35. The maximum atomic E-state index is 12.0. The van der Waals surface area contributed by atoms with Crippen LogP contribution < -0.4 is 16.0 Å². The molecule has 0 aliphatic carbocycles. The van der Waals surface area contributed by atoms with Crippen LogP contribution >= 0.6 is 0 Å². The molecule has 0 bridgehead atoms. The molecule has 6 nitrogen and oxygen atoms in total. The highest BCUT2D eigenvalue weighted by atomic mass is 16.5. The van der Waals surface area contributed by atoms with Gasteiger partial charge in [-0.2, -0.15) is 10.5 Å². The van der Waals surface area contributed by atoms with E-state index in [0.717, 1.165) is 12.8 Å². The minimum Gasteiger partial charge on any atom is -0.493 e. The zero-order valence-electron chi connectivity index (χ0n) is 12.7. The van der Waals surface area contributed by atoms with Crippen molar-refractivity contribution in [3.05, 3.63) is 45.7 Å². The van der Waals surface area contributed by atoms with Crippen LogP contribution in [0.1, 0.15) is 30.9 Å². The maximum Gasteiger partial charge on any atom is 0.268 e. The second-order valence-electron chi connectivity index (χ2n) is 4.91. The van der Waals surface area contributed by atoms with E-state index in [9.17, 15) is 15.3 Å². The molecule has 0 fully saturated rings. The van der Waals surface area contributed by atoms with Crippen molar-refractivity contribution in [1.82, 2.24) is 4.98 Å². The van der Waals surface area contributed by atoms with E-state index in [4.69, 9.17) is 10.5 Å². The number of anilines is 1. The summed E-state index contributed by atoms with van der Waals surface area (Å²) in [6.45, 7) is 2.56. The number of nitrogens with two attached hydrogens (primary N) is 1. The largest absolute Gasteiger partial charge is 0.493 e. The number of nitrogen functional groups attached to an aromatic ring is 1. The molecule has 2 aromatic rings. The molecule has 2 rings (SSSR count). The van der Waals surface area contributed by atoms with Crippen LogP contribution in [0.5, 0.6) is 5.75 Å². The molecule has 0 amide bonds. The third kappa shape index (κ3) is 3.17. The molecule has 23 heavy (non-hydrogen) atoms. The van der Waals surface area contributed by atoms with E-state index >= 15 is 0 Å². The van der Waals surface area contributed by atoms with E-state index in [1.807, 2.05) is 19.1 Å². The number of H-pyrrole nitrogens is 1. The summed E-state index contributed by atoms with van der Waals surface area (Å²) >= 11 is 0. The van der Waals surface area contributed by atoms with Crippen LogP contribution in [0.2, 0.25) is 0 Å². The van der Waals surface area contributed by atoms with Gasteiger partial charge in [-0.25, -0.2) is 0 Å². The Morgan fingerprint density at radius 1 is 1.22 bits per heavy atom. The van der Waals surface area contributed by atoms with Crippen LogP contribution in [-0.4, -0.2) is 11.6 Å². The number of pyridine rings is 1. The molecule has 0 aliphatic heterocycles. The van der Waals surface area contributed by atoms with Crippen LogP contribution in [0.4, 0.5) is 5.82 Å². The number of nitrogens with zero attached hydrogens (tertiary/aromatic N) is 2. The first-order valence-corrected chi connectivity index (χ1v) is 7.22. The summed E-state index contributed by atoms with van der Waals surface area (Å²) in [5, 5.41) is 18.7. The molecular formula is C17H16N4O2. The van der Waals surface area contributed by atoms with Crippen molar-refractivity contribution >= 4 is 5.82 Å². The molecule has 1 aromatic carbocycles. The molecular weight excluding hydrogens is 292 g/mol. The minimum absolute atomic E-state index is 0.0603. The van der Waals surface area contributed by atoms with E-state index in [1.165, 1.54) is 0 Å². The van der Waals surface area contributed by atoms with Crippen molar-refractivity contribution in [2.75, 3.05) is 12.3 Å². The number of aromatic nitrogens is 1. The van der Waals surface area contributed by atoms with Crippen molar-refractivity contribution in [2.24, 2.45) is 0 Å². The molecule has 0 atom stereocenters. The van der Waals surface area contributed by atoms with Gasteiger partial charge in [-0.1, -0.05) is 31.5 Å². The number of para-hydroxylation sites is 1. The summed E-state index contributed by atoms with van der Waals surface area (Å²) in [6.07, 6.45) is 1.86. The van der Waals surface area contributed by atoms with Gasteiger partial charge in [0.05, 0.1) is 6.61 Å². The number of unbranched alkanes of at least 4 members (excludes halogenated alkanes) is 1. The van der Waals surface area contributed by atoms with E-state index in [0.29, 0.717) is 17.9 Å². The third-order valence-corrected chi connectivity index (χ3v) is 3.38. The molecule has 1 heterocycles. The van der Waals surface area contributed by atoms with Gasteiger partial charge >= 0.3 is 0 Å². The first kappa shape index (κ1) is 16.1. The van der Waals surface area contributed by atoms with Gasteiger partial charge in [0.2, 0.25) is 0 Å². The first-order valence-electron chi connectivity index (χ1n) is 7.22. The molecule has 0 saturated carbocycles. The summed E-state index contributed by atoms with van der Waals surface area (Å²) in [6, 6.07) is 10.8. The van der Waals surface area contributed by atoms with Gasteiger partial charge in [0.25, 0.3) is 5.56 Å². The van der Waals surface area contributed by atoms with Crippen LogP contribution in [0.3, 0.4) is 0 Å². The number of hydrogen-bond donors (Lipinski definition) is 2. The van der Waals surface area contributed by atoms with Crippen molar-refractivity contribution in [2.45, 2.75) is 19.8 Å². The smallest absolute Gasteiger partial charge is 0.268 e. The second kappa shape index (κ2) is 7.15. The normalized spacial score (nSPS) is 9.87. The Balaban J connectivity index is 2.70. The summed E-state index contributed by atoms with van der Waals surface area (Å²) in [4.78, 5) is 14.3. The highest BCUT2D eigenvalue weighted by molar-refractivity contribution is 5.83. The molecule has 0 aliphatic rings. The monoisotopic (exact) mass is 308 g/mol. The Kier molecular flexibility index (Phi) is 5.01. The lowest BCUT2D eigenvalue weighted by atomic mass is 9.96. The van der Waals surface area contributed by atoms with Gasteiger partial charge in [-0.15, -0.1) is 0 Å². The molecule has 1 aromatic heterocycles. The third-order valence-electron chi connectivity index (χ3n) is 3.38. The van der Waals surface area contributed by atoms with Gasteiger partial charge in [-0.3, -0.25) is 4.79 Å². The van der Waals surface area contributed by atoms with E-state index in [1.54, 1.807) is 24.3 Å². The van der Waals surface area contributed by atoms with E-state index < -0.39 is 5.56 Å². The van der Waals surface area contributed by atoms with Crippen molar-refractivity contribution in [3.8, 4) is 29.0 Å². The first-order chi connectivity index (χ1) is 11.1. The van der Waals surface area contributed by atoms with Crippen LogP contribution in [0.15, 0.2) is 29.1 Å². The van der Waals surface area contributed by atoms with Crippen molar-refractivity contribution in [1.29, 1.82) is 10.5 Å². The predicted octanol–water partition coefficient (Wildman–Crippen LogP) is 2.55. The Morgan fingerprint density at radius 2 is 1.91 bits per heavy atom. The molecule has 116 valence electrons. The number of nitrogens with one attached hydrogen (secondary N) is 1. The van der Waals surface area contributed by atoms with Crippen LogP contribution in [-0.2, 0) is 0 Å². The standard InChI is InChI=1S/C17H16N4O2/c1-2-3-8-23-14-7-5-4-6-11(14)15-12(9-18)16(20)21-17(22)13(15)10-19/h4-7H,2-3,8H2,1H3,(H3,20,21,22). The van der Waals surface area contributed by atoms with Crippen LogP contribution in [0, 0.1) is 22.7 Å². The van der Waals surface area contributed by atoms with E-state index in [2.05, 4.69) is 4.98 Å². The summed E-state index contributed by atoms with van der Waals surface area (Å²) in [5.41, 5.74) is 5.75. The maximum absolute atomic E-state index is 12.0. The van der Waals surface area contributed by atoms with Gasteiger partial charge in [0.1, 0.15) is 34.8 Å². The lowest BCUT2D eigenvalue weighted by Gasteiger charge is -2.14. The minimum atomic E-state index is -0.623. The summed E-state index contributed by atoms with van der Waals surface area (Å²) in [5.74, 6) is 0.453. The fraction of sp³-hybridized carbons (Fsp3) is 0.235. The zero-order chi connectivity index (χ0) is 16.8. The van der Waals surface area contributed by atoms with E-state index in [-0.39, 0.29) is 22.5 Å². The number of nitriles is 2. The van der Waals surface area contributed by atoms with Crippen molar-refractivity contribution < 1.29 is 4.74 Å². The lowest BCUT2D eigenvalue weighted by Crippen LogP contribution is -2.16. The number of aromatic amines is 1. The Bertz CT molecular complexity index is 856. The molecule has 6 heteroatoms. The number of hydrogen-bond acceptors (Lipinski definition) is 5. The average Bonchev–Trinajstić information content (AvgIpc) is 2.55. The van der Waals surface area contributed by atoms with Gasteiger partial charge < -0.3 is 15.5 Å². The summed E-state index contributed by atoms with van der Waals surface area (Å²) < 4.78 is 5.74. The molecule has 3 N–H and O–H groups in total.